The van der Waals surface area contributed by atoms with Crippen molar-refractivity contribution in [3.63, 3.8) is 0 Å². The van der Waals surface area contributed by atoms with Crippen molar-refractivity contribution < 1.29 is 5.21 Å². The van der Waals surface area contributed by atoms with Crippen molar-refractivity contribution in [1.29, 1.82) is 0 Å². The molecule has 68 valence electrons. The number of hydrogen-bond acceptors (Lipinski definition) is 6. The lowest BCUT2D eigenvalue weighted by Crippen LogP contribution is -1.94. The molecule has 0 aliphatic heterocycles. The minimum Gasteiger partial charge on any atom is -0.410 e. The van der Waals surface area contributed by atoms with Gasteiger partial charge in [0.25, 0.3) is 0 Å². The average molecular weight is 216 g/mol. The predicted molar refractivity (Wildman–Crippen MR) is 49.2 cm³/mol. The zero-order valence-corrected chi connectivity index (χ0v) is 8.08. The monoisotopic (exact) mass is 216 g/mol. The summed E-state index contributed by atoms with van der Waals surface area (Å²) in [6.07, 6.45) is 1.84. The van der Waals surface area contributed by atoms with Gasteiger partial charge in [-0.1, -0.05) is 28.3 Å². The van der Waals surface area contributed by atoms with Crippen LogP contribution in [0.2, 0.25) is 0 Å². The number of amidine groups is 1. The highest BCUT2D eigenvalue weighted by molar-refractivity contribution is 8.00. The molecule has 1 aromatic rings. The van der Waals surface area contributed by atoms with Crippen molar-refractivity contribution in [3.05, 3.63) is 15.5 Å². The standard InChI is InChI=1S/C4H4N6OS2/c1-12-4-8-7-3(13-4)2(9-11)6-10-5/h11H,1H3/b9-2-. The maximum Gasteiger partial charge on any atom is 0.203 e. The lowest BCUT2D eigenvalue weighted by Gasteiger charge is -1.85. The Hall–Kier alpha value is -1.31. The Bertz CT molecular complexity index is 366. The molecule has 0 saturated heterocycles. The third-order valence-corrected chi connectivity index (χ3v) is 2.90. The molecule has 0 unspecified atom stereocenters. The molecular formula is C4H4N6OS2. The van der Waals surface area contributed by atoms with Gasteiger partial charge in [-0.15, -0.1) is 10.2 Å². The summed E-state index contributed by atoms with van der Waals surface area (Å²) >= 11 is 2.60. The van der Waals surface area contributed by atoms with E-state index in [1.54, 1.807) is 0 Å². The third-order valence-electron chi connectivity index (χ3n) is 1.01. The molecule has 0 atom stereocenters. The van der Waals surface area contributed by atoms with Gasteiger partial charge in [-0.3, -0.25) is 0 Å². The first-order chi connectivity index (χ1) is 6.31. The van der Waals surface area contributed by atoms with Crippen LogP contribution in [0.4, 0.5) is 0 Å². The van der Waals surface area contributed by atoms with E-state index in [1.807, 2.05) is 6.26 Å². The molecule has 0 aromatic carbocycles. The zero-order valence-electron chi connectivity index (χ0n) is 6.45. The average Bonchev–Trinajstić information content (AvgIpc) is 2.62. The number of nitrogens with zero attached hydrogens (tertiary/aromatic N) is 6. The van der Waals surface area contributed by atoms with Crippen LogP contribution in [-0.4, -0.2) is 27.5 Å². The second-order valence-electron chi connectivity index (χ2n) is 1.69. The minimum absolute atomic E-state index is 0.166. The normalized spacial score (nSPS) is 11.0. The van der Waals surface area contributed by atoms with E-state index in [9.17, 15) is 0 Å². The third kappa shape index (κ3) is 2.31. The van der Waals surface area contributed by atoms with Crippen molar-refractivity contribution in [2.24, 2.45) is 10.3 Å². The molecule has 0 saturated carbocycles. The molecular weight excluding hydrogens is 212 g/mol. The van der Waals surface area contributed by atoms with E-state index in [0.29, 0.717) is 9.35 Å². The van der Waals surface area contributed by atoms with E-state index in [4.69, 9.17) is 10.7 Å². The molecule has 0 radical (unpaired) electrons. The van der Waals surface area contributed by atoms with Crippen LogP contribution in [0.15, 0.2) is 14.6 Å². The zero-order chi connectivity index (χ0) is 9.68. The van der Waals surface area contributed by atoms with Crippen molar-refractivity contribution in [2.75, 3.05) is 6.26 Å². The number of azide groups is 1. The number of aromatic nitrogens is 2. The highest BCUT2D eigenvalue weighted by Crippen LogP contribution is 2.20. The van der Waals surface area contributed by atoms with Crippen LogP contribution in [0.5, 0.6) is 0 Å². The van der Waals surface area contributed by atoms with Gasteiger partial charge in [-0.25, -0.2) is 0 Å². The summed E-state index contributed by atoms with van der Waals surface area (Å²) in [4.78, 5) is 2.48. The number of oxime groups is 1. The number of rotatable bonds is 2. The molecule has 0 bridgehead atoms. The van der Waals surface area contributed by atoms with Crippen molar-refractivity contribution in [2.45, 2.75) is 4.34 Å². The van der Waals surface area contributed by atoms with E-state index in [1.165, 1.54) is 23.1 Å². The Morgan fingerprint density at radius 2 is 2.46 bits per heavy atom. The fraction of sp³-hybridized carbons (Fsp3) is 0.250. The first-order valence-electron chi connectivity index (χ1n) is 2.97. The molecule has 7 nitrogen and oxygen atoms in total. The van der Waals surface area contributed by atoms with Crippen LogP contribution < -0.4 is 0 Å². The van der Waals surface area contributed by atoms with Crippen LogP contribution in [0.1, 0.15) is 5.01 Å². The maximum absolute atomic E-state index is 8.45. The van der Waals surface area contributed by atoms with Crippen LogP contribution in [-0.2, 0) is 0 Å². The van der Waals surface area contributed by atoms with Gasteiger partial charge in [-0.05, 0) is 16.9 Å². The van der Waals surface area contributed by atoms with Gasteiger partial charge in [0.1, 0.15) is 0 Å². The fourth-order valence-electron chi connectivity index (χ4n) is 0.531. The number of hydrogen-bond donors (Lipinski definition) is 1. The van der Waals surface area contributed by atoms with Gasteiger partial charge in [0.05, 0.1) is 0 Å². The van der Waals surface area contributed by atoms with Crippen molar-refractivity contribution >= 4 is 28.9 Å². The molecule has 13 heavy (non-hydrogen) atoms. The second-order valence-corrected chi connectivity index (χ2v) is 3.72. The van der Waals surface area contributed by atoms with Crippen LogP contribution in [0, 0.1) is 0 Å². The SMILES string of the molecule is CSc1nnc(/C(N=[N+]=[N-])=N/O)s1. The van der Waals surface area contributed by atoms with Gasteiger partial charge in [0.2, 0.25) is 5.84 Å². The summed E-state index contributed by atoms with van der Waals surface area (Å²) in [5.74, 6) is -0.166. The highest BCUT2D eigenvalue weighted by Gasteiger charge is 2.08. The summed E-state index contributed by atoms with van der Waals surface area (Å²) in [5.41, 5.74) is 8.11. The summed E-state index contributed by atoms with van der Waals surface area (Å²) in [5, 5.41) is 22.1. The highest BCUT2D eigenvalue weighted by atomic mass is 32.2. The summed E-state index contributed by atoms with van der Waals surface area (Å²) < 4.78 is 0.712. The first-order valence-corrected chi connectivity index (χ1v) is 5.01. The largest absolute Gasteiger partial charge is 0.410 e. The summed E-state index contributed by atoms with van der Waals surface area (Å²) in [7, 11) is 0. The van der Waals surface area contributed by atoms with E-state index >= 15 is 0 Å². The Kier molecular flexibility index (Phi) is 3.50. The van der Waals surface area contributed by atoms with Crippen molar-refractivity contribution in [3.8, 4) is 0 Å². The summed E-state index contributed by atoms with van der Waals surface area (Å²) in [6.45, 7) is 0. The second kappa shape index (κ2) is 4.65. The number of thioether (sulfide) groups is 1. The van der Waals surface area contributed by atoms with Crippen LogP contribution in [0.25, 0.3) is 10.4 Å². The molecule has 0 aliphatic rings. The van der Waals surface area contributed by atoms with Gasteiger partial charge >= 0.3 is 0 Å². The fourth-order valence-corrected chi connectivity index (χ4v) is 1.72. The molecule has 1 rings (SSSR count). The molecule has 9 heteroatoms. The summed E-state index contributed by atoms with van der Waals surface area (Å²) in [6, 6.07) is 0. The predicted octanol–water partition coefficient (Wildman–Crippen LogP) is 1.71. The topological polar surface area (TPSA) is 107 Å². The van der Waals surface area contributed by atoms with Gasteiger partial charge in [0.15, 0.2) is 9.35 Å². The molecule has 1 aromatic heterocycles. The van der Waals surface area contributed by atoms with Gasteiger partial charge in [-0.2, -0.15) is 0 Å². The van der Waals surface area contributed by atoms with Crippen molar-refractivity contribution in [1.82, 2.24) is 10.2 Å². The lowest BCUT2D eigenvalue weighted by molar-refractivity contribution is 0.318. The molecule has 1 N–H and O–H groups in total. The first kappa shape index (κ1) is 9.78. The smallest absolute Gasteiger partial charge is 0.203 e. The maximum atomic E-state index is 8.45. The van der Waals surface area contributed by atoms with Gasteiger partial charge in [0, 0.05) is 4.91 Å². The molecule has 0 aliphatic carbocycles. The lowest BCUT2D eigenvalue weighted by atomic mass is 10.6. The molecule has 0 spiro atoms. The van der Waals surface area contributed by atoms with Crippen LogP contribution >= 0.6 is 23.1 Å². The van der Waals surface area contributed by atoms with E-state index in [0.717, 1.165) is 0 Å². The van der Waals surface area contributed by atoms with E-state index in [2.05, 4.69) is 25.4 Å². The Balaban J connectivity index is 2.99. The van der Waals surface area contributed by atoms with Gasteiger partial charge < -0.3 is 5.21 Å². The quantitative estimate of drug-likeness (QED) is 0.119. The molecule has 0 amide bonds. The van der Waals surface area contributed by atoms with E-state index < -0.39 is 0 Å². The Labute approximate surface area is 81.1 Å². The van der Waals surface area contributed by atoms with E-state index in [-0.39, 0.29) is 5.84 Å². The Morgan fingerprint density at radius 1 is 1.69 bits per heavy atom. The van der Waals surface area contributed by atoms with Crippen LogP contribution in [0.3, 0.4) is 0 Å². The molecule has 0 fully saturated rings. The Morgan fingerprint density at radius 3 is 2.92 bits per heavy atom. The minimum atomic E-state index is -0.166. The molecule has 1 heterocycles.